The number of halogens is 5. The molecule has 9 aromatic rings. The second kappa shape index (κ2) is 26.6. The van der Waals surface area contributed by atoms with E-state index in [-0.39, 0.29) is 119 Å². The Morgan fingerprint density at radius 2 is 1.28 bits per heavy atom. The van der Waals surface area contributed by atoms with Gasteiger partial charge in [-0.05, 0) is 119 Å². The van der Waals surface area contributed by atoms with Crippen LogP contribution in [0.5, 0.6) is 35.3 Å². The van der Waals surface area contributed by atoms with Crippen molar-refractivity contribution in [2.75, 3.05) is 78.0 Å². The molecule has 4 N–H and O–H groups in total. The van der Waals surface area contributed by atoms with Gasteiger partial charge in [-0.1, -0.05) is 37.8 Å². The largest absolute Gasteiger partial charge is 0.508 e. The normalized spacial score (nSPS) is 17.4. The monoisotopic (exact) mass is 1250 g/mol. The summed E-state index contributed by atoms with van der Waals surface area (Å²) < 4.78 is 103. The summed E-state index contributed by atoms with van der Waals surface area (Å²) >= 11 is 1.50. The second-order valence-corrected chi connectivity index (χ2v) is 23.2. The van der Waals surface area contributed by atoms with Crippen LogP contribution >= 0.6 is 11.3 Å². The van der Waals surface area contributed by atoms with E-state index >= 15 is 8.78 Å². The molecule has 2 atom stereocenters. The number of phenols is 2. The number of aromatic hydroxyl groups is 2. The van der Waals surface area contributed by atoms with Crippen LogP contribution in [0.1, 0.15) is 80.6 Å². The topological polar surface area (TPSA) is 207 Å². The number of pyridine rings is 2. The average Bonchev–Trinajstić information content (AvgIpc) is 1.05. The molecule has 0 aliphatic carbocycles. The van der Waals surface area contributed by atoms with Crippen molar-refractivity contribution in [2.45, 2.75) is 96.1 Å². The predicted octanol–water partition coefficient (Wildman–Crippen LogP) is 12.1. The highest BCUT2D eigenvalue weighted by Gasteiger charge is 2.45. The lowest BCUT2D eigenvalue weighted by Crippen LogP contribution is -2.43. The molecule has 0 amide bonds. The smallest absolute Gasteiger partial charge is 0.319 e. The van der Waals surface area contributed by atoms with Crippen LogP contribution in [0.2, 0.25) is 0 Å². The van der Waals surface area contributed by atoms with Crippen molar-refractivity contribution in [1.29, 1.82) is 0 Å². The number of hydrogen-bond donors (Lipinski definition) is 4. The van der Waals surface area contributed by atoms with Crippen molar-refractivity contribution in [3.8, 4) is 82.5 Å². The Kier molecular flexibility index (Phi) is 18.5. The number of nitrogens with one attached hydrogen (secondary N) is 2. The van der Waals surface area contributed by atoms with Crippen molar-refractivity contribution in [1.82, 2.24) is 44.7 Å². The van der Waals surface area contributed by atoms with Gasteiger partial charge in [0.15, 0.2) is 11.6 Å². The van der Waals surface area contributed by atoms with E-state index in [4.69, 9.17) is 36.5 Å². The fourth-order valence-corrected chi connectivity index (χ4v) is 13.3. The van der Waals surface area contributed by atoms with Gasteiger partial charge >= 0.3 is 12.0 Å². The van der Waals surface area contributed by atoms with E-state index in [1.54, 1.807) is 0 Å². The maximum atomic E-state index is 16.7. The predicted molar refractivity (Wildman–Crippen MR) is 335 cm³/mol. The molecule has 0 bridgehead atoms. The summed E-state index contributed by atoms with van der Waals surface area (Å²) in [5.74, 6) is 1.92. The van der Waals surface area contributed by atoms with Crippen LogP contribution in [0.3, 0.4) is 0 Å². The van der Waals surface area contributed by atoms with Crippen LogP contribution < -0.4 is 29.6 Å². The van der Waals surface area contributed by atoms with E-state index in [1.807, 2.05) is 26.2 Å². The number of methoxy groups -OCH3 is 3. The van der Waals surface area contributed by atoms with Gasteiger partial charge in [0.2, 0.25) is 11.8 Å². The zero-order valence-corrected chi connectivity index (χ0v) is 51.3. The summed E-state index contributed by atoms with van der Waals surface area (Å²) in [5, 5.41) is 31.8. The number of alkyl halides is 1. The SMILES string of the molecule is C#Cc1c(F)ccc2cc(O)cc(-c3nc(OC)c4c(NC5COC5)nc(OCC56CCCN5CCC6)nc4c3F)c12.C#Cc1c(F)ccc2cc(O)cc(-c3nc(OC)c4c(NCc5csc(C)n5)nc(OC)nc4c3F)c12.CC.FC1CC2CCCN2C1. The van der Waals surface area contributed by atoms with Gasteiger partial charge in [-0.15, -0.1) is 24.2 Å². The first-order chi connectivity index (χ1) is 43.6. The maximum absolute atomic E-state index is 16.7. The average molecular weight is 1250 g/mol. The number of fused-ring (bicyclic) bond motifs is 6. The van der Waals surface area contributed by atoms with Crippen molar-refractivity contribution in [3.63, 3.8) is 0 Å². The van der Waals surface area contributed by atoms with Gasteiger partial charge in [0.05, 0.1) is 74.5 Å². The van der Waals surface area contributed by atoms with E-state index in [0.29, 0.717) is 55.5 Å². The van der Waals surface area contributed by atoms with Gasteiger partial charge in [-0.25, -0.2) is 36.9 Å². The van der Waals surface area contributed by atoms with E-state index in [9.17, 15) is 23.4 Å². The molecule has 14 rings (SSSR count). The molecule has 2 unspecified atom stereocenters. The first-order valence-electron chi connectivity index (χ1n) is 29.6. The first kappa shape index (κ1) is 62.7. The van der Waals surface area contributed by atoms with Crippen molar-refractivity contribution in [2.24, 2.45) is 0 Å². The number of terminal acetylenes is 2. The Morgan fingerprint density at radius 1 is 0.711 bits per heavy atom. The fraction of sp³-hybridized carbons (Fsp3) is 0.379. The molecule has 0 spiro atoms. The van der Waals surface area contributed by atoms with Crippen LogP contribution in [0, 0.1) is 54.9 Å². The third-order valence-electron chi connectivity index (χ3n) is 16.8. The third-order valence-corrected chi connectivity index (χ3v) is 17.6. The number of benzene rings is 4. The van der Waals surface area contributed by atoms with Gasteiger partial charge < -0.3 is 44.5 Å². The van der Waals surface area contributed by atoms with Crippen LogP contribution in [0.25, 0.3) is 65.9 Å². The first-order valence-corrected chi connectivity index (χ1v) is 30.5. The molecule has 468 valence electrons. The Balaban J connectivity index is 0.000000159. The third kappa shape index (κ3) is 12.2. The number of phenolic OH excluding ortho intramolecular Hbond substituents is 2. The molecule has 10 heterocycles. The van der Waals surface area contributed by atoms with E-state index in [0.717, 1.165) is 62.4 Å². The maximum Gasteiger partial charge on any atom is 0.319 e. The van der Waals surface area contributed by atoms with Gasteiger partial charge in [-0.2, -0.15) is 19.9 Å². The summed E-state index contributed by atoms with van der Waals surface area (Å²) in [6.45, 7) is 11.4. The van der Waals surface area contributed by atoms with E-state index in [1.165, 1.54) is 94.0 Å². The number of hydrogen-bond acceptors (Lipinski definition) is 19. The molecule has 5 saturated heterocycles. The summed E-state index contributed by atoms with van der Waals surface area (Å²) in [6, 6.07) is 11.2. The number of anilines is 2. The Bertz CT molecular complexity index is 4270. The van der Waals surface area contributed by atoms with E-state index < -0.39 is 29.4 Å². The number of thiazole rings is 1. The Hall–Kier alpha value is -8.94. The van der Waals surface area contributed by atoms with Crippen molar-refractivity contribution in [3.05, 3.63) is 99.0 Å². The zero-order valence-electron chi connectivity index (χ0n) is 50.4. The van der Waals surface area contributed by atoms with Crippen LogP contribution in [0.15, 0.2) is 53.9 Å². The standard InChI is InChI=1S/C31H29F2N5O4.C26H19F2N5O3S.C7H12FN.C2H6/c1-3-20-22(32)7-6-17-12-19(39)13-21(23(17)20)26-25(33)27-24(29(35-26)40-2)28(34-18-14-41-15-18)37-30(36-27)42-16-31-8-4-10-38(31)11-5-9-31;1-5-16-18(27)7-6-13-8-15(34)9-17(19(13)16)22-21(28)23-20(25(31-22)35-3)24(33-26(32-23)36-4)29-10-14-11-37-12(2)30-14;8-6-4-7-2-1-3-9(7)5-6;1-2/h1,6-7,12-13,18,39H,4-5,8-11,14-16H2,2H3,(H,34,36,37);1,6-9,11,34H,10H2,2-4H3,(H,29,32,33);6-7H,1-5H2;1-2H3. The highest BCUT2D eigenvalue weighted by Crippen LogP contribution is 2.45. The van der Waals surface area contributed by atoms with Crippen molar-refractivity contribution < 1.29 is 55.8 Å². The summed E-state index contributed by atoms with van der Waals surface area (Å²) in [6.07, 6.45) is 18.3. The molecule has 4 aromatic carbocycles. The highest BCUT2D eigenvalue weighted by atomic mass is 32.1. The fourth-order valence-electron chi connectivity index (χ4n) is 12.6. The minimum atomic E-state index is -0.858. The van der Waals surface area contributed by atoms with E-state index in [2.05, 4.69) is 67.2 Å². The zero-order chi connectivity index (χ0) is 63.5. The number of aryl methyl sites for hydroxylation is 1. The molecule has 24 heteroatoms. The van der Waals surface area contributed by atoms with Crippen molar-refractivity contribution >= 4 is 66.3 Å². The molecule has 5 aliphatic rings. The summed E-state index contributed by atoms with van der Waals surface area (Å²) in [7, 11) is 4.14. The lowest BCUT2D eigenvalue weighted by molar-refractivity contribution is 0.0209. The molecule has 90 heavy (non-hydrogen) atoms. The van der Waals surface area contributed by atoms with Gasteiger partial charge in [0.1, 0.15) is 80.7 Å². The van der Waals surface area contributed by atoms with Crippen LogP contribution in [-0.2, 0) is 11.3 Å². The lowest BCUT2D eigenvalue weighted by atomic mass is 9.95. The van der Waals surface area contributed by atoms with Gasteiger partial charge in [0, 0.05) is 39.9 Å². The van der Waals surface area contributed by atoms with Gasteiger partial charge in [0.25, 0.3) is 0 Å². The molecule has 18 nitrogen and oxygen atoms in total. The summed E-state index contributed by atoms with van der Waals surface area (Å²) in [4.78, 5) is 35.7. The molecule has 0 saturated carbocycles. The Morgan fingerprint density at radius 3 is 1.79 bits per heavy atom. The number of ether oxygens (including phenoxy) is 5. The second-order valence-electron chi connectivity index (χ2n) is 22.2. The minimum Gasteiger partial charge on any atom is -0.508 e. The summed E-state index contributed by atoms with van der Waals surface area (Å²) in [5.41, 5.74) is 0.0294. The highest BCUT2D eigenvalue weighted by molar-refractivity contribution is 7.09. The number of rotatable bonds is 13. The molecular weight excluding hydrogens is 1190 g/mol. The number of nitrogens with zero attached hydrogens (tertiary/aromatic N) is 9. The van der Waals surface area contributed by atoms with Crippen LogP contribution in [-0.4, -0.2) is 146 Å². The molecule has 5 aliphatic heterocycles. The minimum absolute atomic E-state index is 0.00108. The van der Waals surface area contributed by atoms with Gasteiger partial charge in [-0.3, -0.25) is 9.80 Å². The molecule has 0 radical (unpaired) electrons. The van der Waals surface area contributed by atoms with Crippen LogP contribution in [0.4, 0.5) is 33.6 Å². The quantitative estimate of drug-likeness (QED) is 0.0625. The molecule has 5 aromatic heterocycles. The number of aromatic nitrogens is 7. The molecule has 5 fully saturated rings. The molecular formula is C66H66F5N11O7S. The lowest BCUT2D eigenvalue weighted by Gasteiger charge is -2.31. The Labute approximate surface area is 520 Å².